The Morgan fingerprint density at radius 2 is 1.93 bits per heavy atom. The number of nitrogens with zero attached hydrogens (tertiary/aromatic N) is 6. The molecule has 1 aromatic heterocycles. The largest absolute Gasteiger partial charge is 0.493 e. The Morgan fingerprint density at radius 3 is 2.60 bits per heavy atom. The van der Waals surface area contributed by atoms with Crippen molar-refractivity contribution in [1.29, 1.82) is 0 Å². The fourth-order valence-electron chi connectivity index (χ4n) is 4.40. The Balaban J connectivity index is 1.67. The van der Waals surface area contributed by atoms with E-state index < -0.39 is 0 Å². The van der Waals surface area contributed by atoms with Gasteiger partial charge in [-0.15, -0.1) is 5.10 Å². The molecule has 0 aliphatic carbocycles. The number of aromatic nitrogens is 4. The van der Waals surface area contributed by atoms with Gasteiger partial charge in [-0.3, -0.25) is 4.90 Å². The summed E-state index contributed by atoms with van der Waals surface area (Å²) < 4.78 is 18.8. The van der Waals surface area contributed by atoms with Crippen molar-refractivity contribution in [2.75, 3.05) is 53.6 Å². The molecular weight excluding hydrogens is 384 g/mol. The Bertz CT molecular complexity index is 815. The van der Waals surface area contributed by atoms with E-state index in [1.807, 2.05) is 16.8 Å². The van der Waals surface area contributed by atoms with Crippen LogP contribution in [0, 0.1) is 0 Å². The van der Waals surface area contributed by atoms with E-state index in [9.17, 15) is 0 Å². The Kier molecular flexibility index (Phi) is 6.81. The van der Waals surface area contributed by atoms with Gasteiger partial charge in [0.1, 0.15) is 0 Å². The average molecular weight is 417 g/mol. The fourth-order valence-corrected chi connectivity index (χ4v) is 4.40. The Morgan fingerprint density at radius 1 is 1.13 bits per heavy atom. The number of ether oxygens (including phenoxy) is 3. The third-order valence-corrected chi connectivity index (χ3v) is 6.15. The summed E-state index contributed by atoms with van der Waals surface area (Å²) in [5.41, 5.74) is 1.10. The minimum absolute atomic E-state index is 0.0554. The second-order valence-corrected chi connectivity index (χ2v) is 7.84. The summed E-state index contributed by atoms with van der Waals surface area (Å²) in [6, 6.07) is 6.03. The number of piperazine rings is 1. The molecule has 2 fully saturated rings. The summed E-state index contributed by atoms with van der Waals surface area (Å²) in [4.78, 5) is 4.93. The first kappa shape index (κ1) is 21.0. The molecule has 0 N–H and O–H groups in total. The van der Waals surface area contributed by atoms with Crippen molar-refractivity contribution in [2.24, 2.45) is 0 Å². The highest BCUT2D eigenvalue weighted by molar-refractivity contribution is 5.45. The molecule has 2 aliphatic rings. The lowest BCUT2D eigenvalue weighted by molar-refractivity contribution is 0.0861. The molecule has 30 heavy (non-hydrogen) atoms. The molecule has 4 rings (SSSR count). The SMILES string of the molecule is CCN1CCN([C@H](c2ccc(OC)c(OC)c2)c2nnnn2C[C@@H]2CCCO2)CC1. The van der Waals surface area contributed by atoms with Crippen LogP contribution >= 0.6 is 0 Å². The van der Waals surface area contributed by atoms with Crippen molar-refractivity contribution in [3.63, 3.8) is 0 Å². The first-order valence-electron chi connectivity index (χ1n) is 10.8. The van der Waals surface area contributed by atoms with Gasteiger partial charge < -0.3 is 19.1 Å². The normalized spacial score (nSPS) is 21.6. The van der Waals surface area contributed by atoms with E-state index in [1.165, 1.54) is 0 Å². The molecule has 2 atom stereocenters. The zero-order chi connectivity index (χ0) is 20.9. The van der Waals surface area contributed by atoms with E-state index in [-0.39, 0.29) is 12.1 Å². The average Bonchev–Trinajstić information content (AvgIpc) is 3.47. The second kappa shape index (κ2) is 9.72. The highest BCUT2D eigenvalue weighted by Gasteiger charge is 2.32. The first-order valence-corrected chi connectivity index (χ1v) is 10.8. The Labute approximate surface area is 177 Å². The molecule has 9 heteroatoms. The summed E-state index contributed by atoms with van der Waals surface area (Å²) in [7, 11) is 3.32. The standard InChI is InChI=1S/C21H32N6O3/c1-4-25-9-11-26(12-10-25)20(16-7-8-18(28-2)19(14-16)29-3)21-22-23-24-27(21)15-17-6-5-13-30-17/h7-8,14,17,20H,4-6,9-13,15H2,1-3H3/t17-,20+/m0/s1. The monoisotopic (exact) mass is 416 g/mol. The van der Waals surface area contributed by atoms with Crippen LogP contribution in [-0.2, 0) is 11.3 Å². The van der Waals surface area contributed by atoms with Crippen LogP contribution in [0.3, 0.4) is 0 Å². The van der Waals surface area contributed by atoms with Crippen LogP contribution in [0.4, 0.5) is 0 Å². The molecule has 0 radical (unpaired) electrons. The van der Waals surface area contributed by atoms with E-state index in [4.69, 9.17) is 14.2 Å². The van der Waals surface area contributed by atoms with Gasteiger partial charge in [-0.1, -0.05) is 13.0 Å². The zero-order valence-corrected chi connectivity index (χ0v) is 18.2. The molecule has 0 spiro atoms. The number of likely N-dealkylation sites (N-methyl/N-ethyl adjacent to an activating group) is 1. The maximum absolute atomic E-state index is 5.83. The van der Waals surface area contributed by atoms with Crippen LogP contribution in [0.15, 0.2) is 18.2 Å². The molecule has 0 unspecified atom stereocenters. The molecular formula is C21H32N6O3. The Hall–Kier alpha value is -2.23. The van der Waals surface area contributed by atoms with Gasteiger partial charge in [-0.25, -0.2) is 4.68 Å². The fraction of sp³-hybridized carbons (Fsp3) is 0.667. The first-order chi connectivity index (χ1) is 14.7. The lowest BCUT2D eigenvalue weighted by Gasteiger charge is -2.38. The molecule has 2 aliphatic heterocycles. The molecule has 164 valence electrons. The van der Waals surface area contributed by atoms with Crippen LogP contribution in [0.5, 0.6) is 11.5 Å². The molecule has 1 aromatic carbocycles. The van der Waals surface area contributed by atoms with Gasteiger partial charge in [0.15, 0.2) is 17.3 Å². The number of benzene rings is 1. The predicted molar refractivity (Wildman–Crippen MR) is 112 cm³/mol. The van der Waals surface area contributed by atoms with Crippen molar-refractivity contribution in [3.05, 3.63) is 29.6 Å². The minimum Gasteiger partial charge on any atom is -0.493 e. The van der Waals surface area contributed by atoms with Gasteiger partial charge in [-0.05, 0) is 47.5 Å². The van der Waals surface area contributed by atoms with Crippen molar-refractivity contribution < 1.29 is 14.2 Å². The molecule has 0 saturated carbocycles. The minimum atomic E-state index is -0.0554. The van der Waals surface area contributed by atoms with Crippen molar-refractivity contribution in [2.45, 2.75) is 38.5 Å². The molecule has 0 bridgehead atoms. The second-order valence-electron chi connectivity index (χ2n) is 7.84. The van der Waals surface area contributed by atoms with E-state index in [1.54, 1.807) is 14.2 Å². The van der Waals surface area contributed by atoms with Gasteiger partial charge in [0.05, 0.1) is 32.9 Å². The number of hydrogen-bond donors (Lipinski definition) is 0. The number of hydrogen-bond acceptors (Lipinski definition) is 8. The predicted octanol–water partition coefficient (Wildman–Crippen LogP) is 1.60. The summed E-state index contributed by atoms with van der Waals surface area (Å²) >= 11 is 0. The summed E-state index contributed by atoms with van der Waals surface area (Å²) in [6.45, 7) is 8.77. The smallest absolute Gasteiger partial charge is 0.173 e. The summed E-state index contributed by atoms with van der Waals surface area (Å²) in [6.07, 6.45) is 2.32. The lowest BCUT2D eigenvalue weighted by atomic mass is 10.0. The van der Waals surface area contributed by atoms with Crippen molar-refractivity contribution in [1.82, 2.24) is 30.0 Å². The third-order valence-electron chi connectivity index (χ3n) is 6.15. The van der Waals surface area contributed by atoms with E-state index in [0.29, 0.717) is 12.3 Å². The van der Waals surface area contributed by atoms with Gasteiger partial charge in [0.2, 0.25) is 0 Å². The summed E-state index contributed by atoms with van der Waals surface area (Å²) in [5, 5.41) is 12.8. The topological polar surface area (TPSA) is 77.8 Å². The van der Waals surface area contributed by atoms with E-state index in [2.05, 4.69) is 38.3 Å². The molecule has 0 amide bonds. The van der Waals surface area contributed by atoms with Crippen LogP contribution < -0.4 is 9.47 Å². The molecule has 2 aromatic rings. The highest BCUT2D eigenvalue weighted by atomic mass is 16.5. The maximum atomic E-state index is 5.83. The zero-order valence-electron chi connectivity index (χ0n) is 18.2. The van der Waals surface area contributed by atoms with Crippen molar-refractivity contribution >= 4 is 0 Å². The van der Waals surface area contributed by atoms with Crippen LogP contribution in [0.2, 0.25) is 0 Å². The molecule has 2 saturated heterocycles. The maximum Gasteiger partial charge on any atom is 0.173 e. The number of tetrazole rings is 1. The van der Waals surface area contributed by atoms with Crippen LogP contribution in [-0.4, -0.2) is 89.7 Å². The lowest BCUT2D eigenvalue weighted by Crippen LogP contribution is -2.48. The third kappa shape index (κ3) is 4.43. The molecule has 3 heterocycles. The van der Waals surface area contributed by atoms with Crippen LogP contribution in [0.25, 0.3) is 0 Å². The van der Waals surface area contributed by atoms with Crippen molar-refractivity contribution in [3.8, 4) is 11.5 Å². The highest BCUT2D eigenvalue weighted by Crippen LogP contribution is 2.35. The van der Waals surface area contributed by atoms with Crippen LogP contribution in [0.1, 0.15) is 37.2 Å². The van der Waals surface area contributed by atoms with Gasteiger partial charge >= 0.3 is 0 Å². The van der Waals surface area contributed by atoms with Gasteiger partial charge in [0, 0.05) is 32.8 Å². The quantitative estimate of drug-likeness (QED) is 0.642. The van der Waals surface area contributed by atoms with Gasteiger partial charge in [0.25, 0.3) is 0 Å². The molecule has 9 nitrogen and oxygen atoms in total. The number of methoxy groups -OCH3 is 2. The summed E-state index contributed by atoms with van der Waals surface area (Å²) in [5.74, 6) is 2.28. The van der Waals surface area contributed by atoms with E-state index in [0.717, 1.165) is 69.3 Å². The number of rotatable bonds is 8. The van der Waals surface area contributed by atoms with Gasteiger partial charge in [-0.2, -0.15) is 0 Å². The van der Waals surface area contributed by atoms with E-state index >= 15 is 0 Å².